The van der Waals surface area contributed by atoms with Crippen LogP contribution in [0.1, 0.15) is 43.3 Å². The van der Waals surface area contributed by atoms with Gasteiger partial charge in [-0.05, 0) is 81.0 Å². The number of pyridine rings is 2. The zero-order valence-electron chi connectivity index (χ0n) is 32.1. The fourth-order valence-electron chi connectivity index (χ4n) is 4.91. The molecule has 2 aromatic heterocycles. The van der Waals surface area contributed by atoms with Gasteiger partial charge in [-0.3, -0.25) is 19.6 Å². The molecule has 2 amide bonds. The summed E-state index contributed by atoms with van der Waals surface area (Å²) in [5.41, 5.74) is 6.96. The molecule has 56 heavy (non-hydrogen) atoms. The Morgan fingerprint density at radius 1 is 0.857 bits per heavy atom. The smallest absolute Gasteiger partial charge is 1.00 e. The monoisotopic (exact) mass is 949 g/mol. The number of rotatable bonds is 8. The first-order chi connectivity index (χ1) is 25.7. The topological polar surface area (TPSA) is 152 Å². The van der Waals surface area contributed by atoms with Gasteiger partial charge in [0.25, 0.3) is 0 Å². The third-order valence-electron chi connectivity index (χ3n) is 7.73. The van der Waals surface area contributed by atoms with Crippen molar-refractivity contribution in [2.75, 3.05) is 47.2 Å². The summed E-state index contributed by atoms with van der Waals surface area (Å²) in [6.45, 7) is 14.0. The van der Waals surface area contributed by atoms with Crippen LogP contribution in [0.4, 0.5) is 31.5 Å². The number of nitrogens with zero attached hydrogens (tertiary/aromatic N) is 4. The molecule has 2 aliphatic heterocycles. The molecule has 296 valence electrons. The molecular formula is C38H44ClF2IN7NaO4S2. The number of aryl methyl sites for hydroxylation is 2. The second-order valence-corrected chi connectivity index (χ2v) is 13.6. The summed E-state index contributed by atoms with van der Waals surface area (Å²) in [4.78, 5) is 38.8. The quantitative estimate of drug-likeness (QED) is 0.0768. The zero-order valence-corrected chi connectivity index (χ0v) is 38.6. The first-order valence-corrected chi connectivity index (χ1v) is 18.9. The van der Waals surface area contributed by atoms with E-state index >= 15 is 0 Å². The van der Waals surface area contributed by atoms with Crippen LogP contribution < -0.4 is 69.5 Å². The van der Waals surface area contributed by atoms with Gasteiger partial charge in [-0.15, -0.1) is 23.4 Å². The third-order valence-corrected chi connectivity index (χ3v) is 9.20. The molecule has 0 fully saturated rings. The molecule has 18 heteroatoms. The maximum atomic E-state index is 13.0. The number of hydrogen-bond acceptors (Lipinski definition) is 10. The number of anilines is 3. The van der Waals surface area contributed by atoms with E-state index in [0.717, 1.165) is 63.0 Å². The van der Waals surface area contributed by atoms with Crippen molar-refractivity contribution in [1.82, 2.24) is 14.9 Å². The van der Waals surface area contributed by atoms with Gasteiger partial charge < -0.3 is 55.0 Å². The summed E-state index contributed by atoms with van der Waals surface area (Å²) in [6.07, 6.45) is 5.14. The Labute approximate surface area is 380 Å². The maximum Gasteiger partial charge on any atom is 1.00 e. The first kappa shape index (κ1) is 51.0. The molecule has 0 unspecified atom stereocenters. The van der Waals surface area contributed by atoms with Crippen LogP contribution in [-0.2, 0) is 22.4 Å². The summed E-state index contributed by atoms with van der Waals surface area (Å²) in [5.74, 6) is -3.10. The van der Waals surface area contributed by atoms with Crippen molar-refractivity contribution in [1.29, 1.82) is 0 Å². The number of thiocarbonyl (C=S) groups is 1. The molecule has 0 spiro atoms. The van der Waals surface area contributed by atoms with Gasteiger partial charge in [0, 0.05) is 47.7 Å². The number of phenols is 2. The Kier molecular flexibility index (Phi) is 23.8. The van der Waals surface area contributed by atoms with Gasteiger partial charge in [-0.25, -0.2) is 13.8 Å². The van der Waals surface area contributed by atoms with Crippen LogP contribution in [0.2, 0.25) is 0 Å². The zero-order chi connectivity index (χ0) is 39.8. The number of fused-ring (bicyclic) bond motifs is 2. The number of nitrogens with one attached hydrogen (secondary N) is 3. The Bertz CT molecular complexity index is 1970. The number of halogens is 4. The minimum Gasteiger partial charge on any atom is -1.00 e. The molecule has 11 nitrogen and oxygen atoms in total. The van der Waals surface area contributed by atoms with Gasteiger partial charge in [0.15, 0.2) is 23.1 Å². The molecule has 4 heterocycles. The second-order valence-electron chi connectivity index (χ2n) is 11.8. The van der Waals surface area contributed by atoms with Crippen LogP contribution in [-0.4, -0.2) is 78.2 Å². The van der Waals surface area contributed by atoms with Crippen LogP contribution in [0.5, 0.6) is 11.5 Å². The van der Waals surface area contributed by atoms with E-state index in [0.29, 0.717) is 17.8 Å². The van der Waals surface area contributed by atoms with Gasteiger partial charge in [0.05, 0.1) is 39.6 Å². The minimum atomic E-state index is -0.733. The van der Waals surface area contributed by atoms with Crippen LogP contribution in [0.3, 0.4) is 0 Å². The molecule has 0 saturated heterocycles. The number of aromatic hydroxyl groups is 2. The van der Waals surface area contributed by atoms with Crippen molar-refractivity contribution in [2.45, 2.75) is 47.5 Å². The molecule has 4 aromatic rings. The fourth-order valence-corrected chi connectivity index (χ4v) is 6.03. The van der Waals surface area contributed by atoms with E-state index in [2.05, 4.69) is 62.6 Å². The summed E-state index contributed by atoms with van der Waals surface area (Å²) in [7, 11) is 0. The average Bonchev–Trinajstić information content (AvgIpc) is 3.73. The van der Waals surface area contributed by atoms with Crippen molar-refractivity contribution in [3.8, 4) is 11.5 Å². The third kappa shape index (κ3) is 17.3. The van der Waals surface area contributed by atoms with Gasteiger partial charge in [-0.2, -0.15) is 0 Å². The predicted molar refractivity (Wildman–Crippen MR) is 219 cm³/mol. The Hall–Kier alpha value is -2.97. The number of phenolic OH excluding ortho intramolecular Hbond substituents is 2. The normalized spacial score (nSPS) is 11.6. The molecule has 0 saturated carbocycles. The Balaban J connectivity index is 0.000000406. The van der Waals surface area contributed by atoms with Gasteiger partial charge in [-0.1, -0.05) is 33.0 Å². The molecule has 6 rings (SSSR count). The summed E-state index contributed by atoms with van der Waals surface area (Å²) < 4.78 is 25.5. The number of aromatic nitrogens is 2. The van der Waals surface area contributed by atoms with Crippen LogP contribution in [0, 0.1) is 25.5 Å². The van der Waals surface area contributed by atoms with Crippen LogP contribution in [0.15, 0.2) is 65.9 Å². The van der Waals surface area contributed by atoms with Gasteiger partial charge in [0.2, 0.25) is 11.8 Å². The molecule has 0 radical (unpaired) electrons. The molecule has 0 atom stereocenters. The molecule has 2 aliphatic rings. The average molecular weight is 950 g/mol. The summed E-state index contributed by atoms with van der Waals surface area (Å²) >= 11 is 11.6. The van der Waals surface area contributed by atoms with Crippen molar-refractivity contribution in [2.24, 2.45) is 4.99 Å². The Morgan fingerprint density at radius 3 is 1.88 bits per heavy atom. The number of carbonyl (C=O) groups excluding carboxylic acids is 2. The number of hydrogen-bond donors (Lipinski definition) is 5. The van der Waals surface area contributed by atoms with E-state index in [1.165, 1.54) is 55.2 Å². The molecule has 5 N–H and O–H groups in total. The van der Waals surface area contributed by atoms with Crippen molar-refractivity contribution < 1.29 is 82.1 Å². The van der Waals surface area contributed by atoms with Gasteiger partial charge >= 0.3 is 29.6 Å². The first-order valence-electron chi connectivity index (χ1n) is 17.0. The number of thioether (sulfide) groups is 1. The van der Waals surface area contributed by atoms with Crippen LogP contribution in [0.25, 0.3) is 0 Å². The molecular weight excluding hydrogens is 906 g/mol. The Morgan fingerprint density at radius 2 is 1.38 bits per heavy atom. The summed E-state index contributed by atoms with van der Waals surface area (Å²) in [5, 5.41) is 27.1. The van der Waals surface area contributed by atoms with E-state index < -0.39 is 29.0 Å². The van der Waals surface area contributed by atoms with Crippen LogP contribution >= 0.6 is 35.6 Å². The molecule has 2 aromatic carbocycles. The predicted octanol–water partition coefficient (Wildman–Crippen LogP) is 1.94. The standard InChI is InChI=1S/C16H14FN3O2S.C8H7ClFNO2.C8H8N2S.C6H15N.HI.Na/c1-9-4-10-5-16(20-13(10)7-18-9)23-8-15(22)19-11-2-3-12(17)14(21)6-11;9-4-8(13)11-5-1-2-6(10)7(12)3-5;1-5-2-6-3-8(11)10-7(6)4-9-5;1-4-7(5-2)6-3;;/h2-4,6-7,21H,5,8H2,1H3,(H,19,22);1-3,12H,4H2,(H,11,13);2,4H,3H2,1H3,(H,10,11);4-6H2,1-3H3;1H;/q;;;;;+1/p-1. The van der Waals surface area contributed by atoms with E-state index in [1.54, 1.807) is 6.20 Å². The van der Waals surface area contributed by atoms with E-state index in [4.69, 9.17) is 28.9 Å². The molecule has 0 aliphatic carbocycles. The van der Waals surface area contributed by atoms with Crippen molar-refractivity contribution in [3.63, 3.8) is 0 Å². The van der Waals surface area contributed by atoms with Gasteiger partial charge in [0.1, 0.15) is 5.88 Å². The second kappa shape index (κ2) is 26.1. The number of aliphatic imine (C=N–C) groups is 1. The summed E-state index contributed by atoms with van der Waals surface area (Å²) in [6, 6.07) is 11.2. The number of benzene rings is 2. The maximum absolute atomic E-state index is 13.0. The van der Waals surface area contributed by atoms with E-state index in [9.17, 15) is 23.5 Å². The molecule has 0 bridgehead atoms. The minimum absolute atomic E-state index is 0. The number of amides is 2. The number of carbonyl (C=O) groups is 2. The van der Waals surface area contributed by atoms with E-state index in [1.807, 2.05) is 26.1 Å². The largest absolute Gasteiger partial charge is 1.00 e. The van der Waals surface area contributed by atoms with Crippen molar-refractivity contribution >= 4 is 80.2 Å². The number of alkyl halides is 1. The van der Waals surface area contributed by atoms with E-state index in [-0.39, 0.29) is 71.1 Å². The fraction of sp³-hybridized carbons (Fsp3) is 0.316. The SMILES string of the molecule is CCN(CC)CC.Cc1cc2c(cn1)N=C(SCC(=O)Nc1ccc(F)c(O)c1)C2.Cc1cc2c(cn1)NC(=S)C2.O=C(CCl)Nc1ccc(F)c(O)c1.[I-].[Na+]. The van der Waals surface area contributed by atoms with Crippen molar-refractivity contribution in [3.05, 3.63) is 95.1 Å².